The van der Waals surface area contributed by atoms with Crippen molar-refractivity contribution in [2.75, 3.05) is 26.7 Å². The molecule has 0 bridgehead atoms. The second kappa shape index (κ2) is 9.71. The summed E-state index contributed by atoms with van der Waals surface area (Å²) in [6.07, 6.45) is 5.54. The van der Waals surface area contributed by atoms with Crippen LogP contribution in [0.15, 0.2) is 43.0 Å². The summed E-state index contributed by atoms with van der Waals surface area (Å²) in [5.41, 5.74) is 8.17. The molecule has 3 aromatic rings. The fourth-order valence-corrected chi connectivity index (χ4v) is 6.29. The number of likely N-dealkylation sites (N-methyl/N-ethyl adjacent to an activating group) is 1. The van der Waals surface area contributed by atoms with Gasteiger partial charge in [0.25, 0.3) is 0 Å². The highest BCUT2D eigenvalue weighted by Crippen LogP contribution is 2.44. The minimum atomic E-state index is -1.38. The molecule has 1 saturated heterocycles. The number of benzene rings is 2. The van der Waals surface area contributed by atoms with Gasteiger partial charge in [-0.15, -0.1) is 0 Å². The van der Waals surface area contributed by atoms with Crippen LogP contribution in [0.1, 0.15) is 77.2 Å². The Morgan fingerprint density at radius 3 is 2.55 bits per heavy atom. The second-order valence-electron chi connectivity index (χ2n) is 11.5. The van der Waals surface area contributed by atoms with E-state index >= 15 is 4.39 Å². The molecule has 5 nitrogen and oxygen atoms in total. The quantitative estimate of drug-likeness (QED) is 0.430. The Bertz CT molecular complexity index is 1400. The van der Waals surface area contributed by atoms with Crippen molar-refractivity contribution in [3.63, 3.8) is 0 Å². The SMILES string of the molecule is C=C(c1cc(-c2nc3c([nH]2)CN(C)CC3)c(C2CCC2)cc1C)N1CCC(F)(c2ccc(C#N)cc2)CC1. The van der Waals surface area contributed by atoms with Crippen molar-refractivity contribution in [1.82, 2.24) is 19.8 Å². The fraction of sp³-hybridized carbons (Fsp3) is 0.438. The second-order valence-corrected chi connectivity index (χ2v) is 11.5. The zero-order chi connectivity index (χ0) is 26.4. The number of aromatic nitrogens is 2. The summed E-state index contributed by atoms with van der Waals surface area (Å²) < 4.78 is 15.9. The maximum Gasteiger partial charge on any atom is 0.139 e. The smallest absolute Gasteiger partial charge is 0.139 e. The molecule has 0 unspecified atom stereocenters. The maximum absolute atomic E-state index is 15.9. The number of halogens is 1. The molecular weight excluding hydrogens is 473 g/mol. The third kappa shape index (κ3) is 4.43. The number of hydrogen-bond donors (Lipinski definition) is 1. The van der Waals surface area contributed by atoms with Gasteiger partial charge in [-0.05, 0) is 67.6 Å². The summed E-state index contributed by atoms with van der Waals surface area (Å²) in [5, 5.41) is 9.07. The van der Waals surface area contributed by atoms with Crippen LogP contribution in [0.5, 0.6) is 0 Å². The highest BCUT2D eigenvalue weighted by molar-refractivity contribution is 5.74. The zero-order valence-corrected chi connectivity index (χ0v) is 22.5. The van der Waals surface area contributed by atoms with Crippen molar-refractivity contribution < 1.29 is 4.39 Å². The highest BCUT2D eigenvalue weighted by atomic mass is 19.1. The fourth-order valence-electron chi connectivity index (χ4n) is 6.29. The molecule has 2 aromatic carbocycles. The lowest BCUT2D eigenvalue weighted by atomic mass is 9.77. The van der Waals surface area contributed by atoms with E-state index in [2.05, 4.69) is 53.5 Å². The van der Waals surface area contributed by atoms with Crippen LogP contribution in [0.3, 0.4) is 0 Å². The Kier molecular flexibility index (Phi) is 6.36. The van der Waals surface area contributed by atoms with Crippen LogP contribution >= 0.6 is 0 Å². The predicted molar refractivity (Wildman–Crippen MR) is 149 cm³/mol. The molecule has 1 aliphatic carbocycles. The summed E-state index contributed by atoms with van der Waals surface area (Å²) in [7, 11) is 2.16. The summed E-state index contributed by atoms with van der Waals surface area (Å²) in [4.78, 5) is 13.3. The highest BCUT2D eigenvalue weighted by Gasteiger charge is 2.37. The topological polar surface area (TPSA) is 59.0 Å². The molecule has 196 valence electrons. The van der Waals surface area contributed by atoms with Gasteiger partial charge in [0.2, 0.25) is 0 Å². The Labute approximate surface area is 225 Å². The van der Waals surface area contributed by atoms with Crippen molar-refractivity contribution in [3.05, 3.63) is 82.2 Å². The maximum atomic E-state index is 15.9. The van der Waals surface area contributed by atoms with Gasteiger partial charge in [0.15, 0.2) is 0 Å². The van der Waals surface area contributed by atoms with Gasteiger partial charge in [0.1, 0.15) is 11.5 Å². The molecule has 0 amide bonds. The number of alkyl halides is 1. The Balaban J connectivity index is 1.27. The van der Waals surface area contributed by atoms with E-state index in [1.165, 1.54) is 47.3 Å². The number of nitrogens with zero attached hydrogens (tertiary/aromatic N) is 4. The molecule has 2 fully saturated rings. The van der Waals surface area contributed by atoms with Gasteiger partial charge in [-0.25, -0.2) is 9.37 Å². The molecule has 38 heavy (non-hydrogen) atoms. The average Bonchev–Trinajstić information content (AvgIpc) is 3.31. The normalized spacial score (nSPS) is 19.5. The van der Waals surface area contributed by atoms with Gasteiger partial charge in [-0.1, -0.05) is 31.2 Å². The molecular formula is C32H36FN5. The van der Waals surface area contributed by atoms with Crippen LogP contribution in [-0.4, -0.2) is 46.4 Å². The lowest BCUT2D eigenvalue weighted by Gasteiger charge is -2.39. The summed E-state index contributed by atoms with van der Waals surface area (Å²) >= 11 is 0. The first-order valence-electron chi connectivity index (χ1n) is 13.9. The molecule has 6 rings (SSSR count). The van der Waals surface area contributed by atoms with Crippen LogP contribution in [0.2, 0.25) is 0 Å². The third-order valence-electron chi connectivity index (χ3n) is 9.00. The van der Waals surface area contributed by atoms with Crippen LogP contribution in [-0.2, 0) is 18.6 Å². The number of fused-ring (bicyclic) bond motifs is 1. The lowest BCUT2D eigenvalue weighted by Crippen LogP contribution is -2.39. The number of imidazole rings is 1. The molecule has 0 atom stereocenters. The molecule has 1 aromatic heterocycles. The summed E-state index contributed by atoms with van der Waals surface area (Å²) in [6.45, 7) is 9.84. The molecule has 0 spiro atoms. The Morgan fingerprint density at radius 1 is 1.16 bits per heavy atom. The number of aryl methyl sites for hydroxylation is 1. The van der Waals surface area contributed by atoms with Crippen LogP contribution in [0.25, 0.3) is 17.1 Å². The van der Waals surface area contributed by atoms with E-state index in [0.29, 0.717) is 43.0 Å². The zero-order valence-electron chi connectivity index (χ0n) is 22.5. The minimum Gasteiger partial charge on any atom is -0.371 e. The first kappa shape index (κ1) is 24.9. The molecule has 1 N–H and O–H groups in total. The van der Waals surface area contributed by atoms with Crippen molar-refractivity contribution >= 4 is 5.70 Å². The number of piperidine rings is 1. The summed E-state index contributed by atoms with van der Waals surface area (Å²) in [5.74, 6) is 1.56. The van der Waals surface area contributed by atoms with Crippen molar-refractivity contribution in [1.29, 1.82) is 5.26 Å². The lowest BCUT2D eigenvalue weighted by molar-refractivity contribution is 0.0794. The summed E-state index contributed by atoms with van der Waals surface area (Å²) in [6, 6.07) is 13.7. The van der Waals surface area contributed by atoms with E-state index < -0.39 is 5.67 Å². The Morgan fingerprint density at radius 2 is 1.89 bits per heavy atom. The van der Waals surface area contributed by atoms with Gasteiger partial charge in [0, 0.05) is 62.3 Å². The number of H-pyrrole nitrogens is 1. The number of hydrogen-bond acceptors (Lipinski definition) is 4. The molecule has 3 heterocycles. The number of nitrogens with one attached hydrogen (secondary N) is 1. The molecule has 1 saturated carbocycles. The van der Waals surface area contributed by atoms with E-state index in [-0.39, 0.29) is 0 Å². The van der Waals surface area contributed by atoms with E-state index in [1.807, 2.05) is 0 Å². The molecule has 3 aliphatic rings. The minimum absolute atomic E-state index is 0.405. The average molecular weight is 510 g/mol. The monoisotopic (exact) mass is 509 g/mol. The van der Waals surface area contributed by atoms with E-state index in [4.69, 9.17) is 10.2 Å². The van der Waals surface area contributed by atoms with Crippen molar-refractivity contribution in [2.24, 2.45) is 0 Å². The van der Waals surface area contributed by atoms with Crippen LogP contribution in [0, 0.1) is 18.3 Å². The number of rotatable bonds is 5. The predicted octanol–water partition coefficient (Wildman–Crippen LogP) is 6.44. The standard InChI is InChI=1S/C32H36FN5/c1-21-17-27(24-5-4-6-24)28(31-35-29-11-14-37(3)20-30(29)36-31)18-26(21)22(2)38-15-12-32(33,13-16-38)25-9-7-23(19-34)8-10-25/h7-10,17-18,24H,2,4-6,11-16,20H2,1,3H3,(H,35,36). The van der Waals surface area contributed by atoms with E-state index in [9.17, 15) is 0 Å². The number of aromatic amines is 1. The van der Waals surface area contributed by atoms with Crippen LogP contribution in [0.4, 0.5) is 4.39 Å². The van der Waals surface area contributed by atoms with Crippen LogP contribution < -0.4 is 0 Å². The van der Waals surface area contributed by atoms with Gasteiger partial charge >= 0.3 is 0 Å². The molecule has 2 aliphatic heterocycles. The van der Waals surface area contributed by atoms with E-state index in [1.54, 1.807) is 24.3 Å². The molecule has 6 heteroatoms. The van der Waals surface area contributed by atoms with Crippen molar-refractivity contribution in [2.45, 2.75) is 63.6 Å². The van der Waals surface area contributed by atoms with Gasteiger partial charge in [0.05, 0.1) is 23.0 Å². The van der Waals surface area contributed by atoms with Gasteiger partial charge in [-0.2, -0.15) is 5.26 Å². The number of nitriles is 1. The van der Waals surface area contributed by atoms with Gasteiger partial charge < -0.3 is 14.8 Å². The number of likely N-dealkylation sites (tertiary alicyclic amines) is 1. The first-order valence-corrected chi connectivity index (χ1v) is 13.9. The van der Waals surface area contributed by atoms with E-state index in [0.717, 1.165) is 36.6 Å². The van der Waals surface area contributed by atoms with Gasteiger partial charge in [-0.3, -0.25) is 0 Å². The van der Waals surface area contributed by atoms with Crippen molar-refractivity contribution in [3.8, 4) is 17.5 Å². The first-order chi connectivity index (χ1) is 18.3. The largest absolute Gasteiger partial charge is 0.371 e. The third-order valence-corrected chi connectivity index (χ3v) is 9.00. The Hall–Kier alpha value is -3.43. The molecule has 0 radical (unpaired) electrons.